The maximum Gasteiger partial charge on any atom is 0.308 e. The molecule has 0 spiro atoms. The van der Waals surface area contributed by atoms with Gasteiger partial charge in [0.05, 0.1) is 22.9 Å². The van der Waals surface area contributed by atoms with Crippen LogP contribution in [-0.2, 0) is 4.79 Å². The van der Waals surface area contributed by atoms with Crippen molar-refractivity contribution in [2.75, 3.05) is 13.1 Å². The number of aryl methyl sites for hydroxylation is 1. The second kappa shape index (κ2) is 6.73. The first-order valence-corrected chi connectivity index (χ1v) is 8.92. The fourth-order valence-corrected chi connectivity index (χ4v) is 3.87. The van der Waals surface area contributed by atoms with E-state index in [1.807, 2.05) is 36.7 Å². The van der Waals surface area contributed by atoms with Gasteiger partial charge in [-0.15, -0.1) is 0 Å². The predicted octanol–water partition coefficient (Wildman–Crippen LogP) is 3.30. The highest BCUT2D eigenvalue weighted by atomic mass is 32.1. The zero-order valence-electron chi connectivity index (χ0n) is 13.7. The number of hydrogen-bond acceptors (Lipinski definition) is 4. The van der Waals surface area contributed by atoms with Gasteiger partial charge in [-0.2, -0.15) is 11.3 Å². The topological polar surface area (TPSA) is 70.5 Å². The minimum atomic E-state index is -0.831. The molecule has 2 aromatic heterocycles. The number of nitrogens with zero attached hydrogens (tertiary/aromatic N) is 2. The summed E-state index contributed by atoms with van der Waals surface area (Å²) in [6, 6.07) is 5.65. The average molecular weight is 344 g/mol. The van der Waals surface area contributed by atoms with Gasteiger partial charge in [-0.25, -0.2) is 0 Å². The Hall–Kier alpha value is -2.21. The molecular formula is C18H20N2O3S. The molecule has 0 bridgehead atoms. The standard InChI is InChI=1S/C18H20N2O3S/c1-11-7-14(18(22)23)9-20(8-11)17(21)15-3-4-16(19-12(15)2)13-5-6-24-10-13/h3-6,10-11,14H,7-9H2,1-2H3,(H,22,23). The van der Waals surface area contributed by atoms with Gasteiger partial charge in [-0.3, -0.25) is 14.6 Å². The van der Waals surface area contributed by atoms with Crippen LogP contribution in [0.3, 0.4) is 0 Å². The molecular weight excluding hydrogens is 324 g/mol. The Morgan fingerprint density at radius 1 is 1.29 bits per heavy atom. The Balaban J connectivity index is 1.83. The quantitative estimate of drug-likeness (QED) is 0.927. The number of carboxylic acid groups (broad SMARTS) is 1. The van der Waals surface area contributed by atoms with Crippen LogP contribution in [0.25, 0.3) is 11.3 Å². The van der Waals surface area contributed by atoms with Crippen molar-refractivity contribution in [2.45, 2.75) is 20.3 Å². The fourth-order valence-electron chi connectivity index (χ4n) is 3.22. The van der Waals surface area contributed by atoms with Crippen LogP contribution in [0, 0.1) is 18.8 Å². The first kappa shape index (κ1) is 16.6. The Labute approximate surface area is 145 Å². The highest BCUT2D eigenvalue weighted by molar-refractivity contribution is 7.08. The normalized spacial score (nSPS) is 20.8. The lowest BCUT2D eigenvalue weighted by molar-refractivity contribution is -0.143. The fraction of sp³-hybridized carbons (Fsp3) is 0.389. The van der Waals surface area contributed by atoms with Gasteiger partial charge < -0.3 is 10.0 Å². The molecule has 0 radical (unpaired) electrons. The van der Waals surface area contributed by atoms with E-state index in [1.165, 1.54) is 0 Å². The lowest BCUT2D eigenvalue weighted by Gasteiger charge is -2.34. The van der Waals surface area contributed by atoms with Crippen LogP contribution < -0.4 is 0 Å². The average Bonchev–Trinajstić information content (AvgIpc) is 3.08. The smallest absolute Gasteiger partial charge is 0.308 e. The summed E-state index contributed by atoms with van der Waals surface area (Å²) in [7, 11) is 0. The Kier molecular flexibility index (Phi) is 4.66. The van der Waals surface area contributed by atoms with Gasteiger partial charge in [0.25, 0.3) is 5.91 Å². The summed E-state index contributed by atoms with van der Waals surface area (Å²) < 4.78 is 0. The maximum atomic E-state index is 12.8. The second-order valence-corrected chi connectivity index (χ2v) is 7.21. The molecule has 1 fully saturated rings. The number of carbonyl (C=O) groups excluding carboxylic acids is 1. The van der Waals surface area contributed by atoms with E-state index in [0.29, 0.717) is 24.2 Å². The number of carboxylic acids is 1. The van der Waals surface area contributed by atoms with Gasteiger partial charge in [0.2, 0.25) is 0 Å². The van der Waals surface area contributed by atoms with E-state index in [9.17, 15) is 14.7 Å². The molecule has 1 N–H and O–H groups in total. The predicted molar refractivity (Wildman–Crippen MR) is 93.1 cm³/mol. The highest BCUT2D eigenvalue weighted by Gasteiger charge is 2.32. The van der Waals surface area contributed by atoms with Crippen LogP contribution in [0.5, 0.6) is 0 Å². The van der Waals surface area contributed by atoms with Crippen LogP contribution >= 0.6 is 11.3 Å². The summed E-state index contributed by atoms with van der Waals surface area (Å²) in [5, 5.41) is 13.3. The summed E-state index contributed by atoms with van der Waals surface area (Å²) in [6.07, 6.45) is 0.618. The van der Waals surface area contributed by atoms with E-state index >= 15 is 0 Å². The van der Waals surface area contributed by atoms with E-state index in [0.717, 1.165) is 11.3 Å². The summed E-state index contributed by atoms with van der Waals surface area (Å²) in [5.74, 6) is -1.27. The van der Waals surface area contributed by atoms with Crippen molar-refractivity contribution in [3.63, 3.8) is 0 Å². The molecule has 3 heterocycles. The SMILES string of the molecule is Cc1nc(-c2ccsc2)ccc1C(=O)N1CC(C)CC(C(=O)O)C1. The third-order valence-electron chi connectivity index (χ3n) is 4.43. The van der Waals surface area contributed by atoms with Crippen LogP contribution in [0.15, 0.2) is 29.0 Å². The monoisotopic (exact) mass is 344 g/mol. The molecule has 0 aliphatic carbocycles. The third kappa shape index (κ3) is 3.33. The molecule has 126 valence electrons. The molecule has 24 heavy (non-hydrogen) atoms. The number of carbonyl (C=O) groups is 2. The van der Waals surface area contributed by atoms with E-state index in [-0.39, 0.29) is 18.4 Å². The molecule has 2 aromatic rings. The molecule has 1 aliphatic heterocycles. The summed E-state index contributed by atoms with van der Waals surface area (Å²) in [4.78, 5) is 30.3. The molecule has 5 nitrogen and oxygen atoms in total. The number of hydrogen-bond donors (Lipinski definition) is 1. The highest BCUT2D eigenvalue weighted by Crippen LogP contribution is 2.25. The van der Waals surface area contributed by atoms with Crippen molar-refractivity contribution in [1.29, 1.82) is 0 Å². The van der Waals surface area contributed by atoms with Crippen LogP contribution in [0.1, 0.15) is 29.4 Å². The number of thiophene rings is 1. The number of amides is 1. The molecule has 1 amide bonds. The summed E-state index contributed by atoms with van der Waals surface area (Å²) in [5.41, 5.74) is 3.11. The molecule has 1 aliphatic rings. The molecule has 0 aromatic carbocycles. The lowest BCUT2D eigenvalue weighted by Crippen LogP contribution is -2.45. The number of pyridine rings is 1. The number of aromatic nitrogens is 1. The molecule has 0 saturated carbocycles. The van der Waals surface area contributed by atoms with E-state index < -0.39 is 11.9 Å². The largest absolute Gasteiger partial charge is 0.481 e. The lowest BCUT2D eigenvalue weighted by atomic mass is 9.90. The summed E-state index contributed by atoms with van der Waals surface area (Å²) >= 11 is 1.61. The molecule has 1 saturated heterocycles. The first-order chi connectivity index (χ1) is 11.5. The van der Waals surface area contributed by atoms with Gasteiger partial charge in [-0.05, 0) is 42.8 Å². The van der Waals surface area contributed by atoms with Crippen molar-refractivity contribution in [3.8, 4) is 11.3 Å². The number of likely N-dealkylation sites (tertiary alicyclic amines) is 1. The van der Waals surface area contributed by atoms with Crippen molar-refractivity contribution in [2.24, 2.45) is 11.8 Å². The van der Waals surface area contributed by atoms with Crippen molar-refractivity contribution in [1.82, 2.24) is 9.88 Å². The number of rotatable bonds is 3. The van der Waals surface area contributed by atoms with Gasteiger partial charge in [0.1, 0.15) is 0 Å². The Morgan fingerprint density at radius 3 is 2.71 bits per heavy atom. The molecule has 3 rings (SSSR count). The molecule has 6 heteroatoms. The minimum absolute atomic E-state index is 0.130. The van der Waals surface area contributed by atoms with Crippen molar-refractivity contribution < 1.29 is 14.7 Å². The Bertz CT molecular complexity index is 758. The number of piperidine rings is 1. The van der Waals surface area contributed by atoms with E-state index in [1.54, 1.807) is 22.3 Å². The minimum Gasteiger partial charge on any atom is -0.481 e. The van der Waals surface area contributed by atoms with Gasteiger partial charge in [0.15, 0.2) is 0 Å². The zero-order valence-corrected chi connectivity index (χ0v) is 14.5. The third-order valence-corrected chi connectivity index (χ3v) is 5.11. The van der Waals surface area contributed by atoms with Crippen LogP contribution in [0.4, 0.5) is 0 Å². The zero-order chi connectivity index (χ0) is 17.3. The van der Waals surface area contributed by atoms with E-state index in [2.05, 4.69) is 4.98 Å². The van der Waals surface area contributed by atoms with Crippen molar-refractivity contribution in [3.05, 3.63) is 40.2 Å². The van der Waals surface area contributed by atoms with Crippen LogP contribution in [-0.4, -0.2) is 40.0 Å². The van der Waals surface area contributed by atoms with E-state index in [4.69, 9.17) is 0 Å². The molecule has 2 atom stereocenters. The van der Waals surface area contributed by atoms with Gasteiger partial charge in [-0.1, -0.05) is 6.92 Å². The van der Waals surface area contributed by atoms with Gasteiger partial charge >= 0.3 is 5.97 Å². The van der Waals surface area contributed by atoms with Crippen molar-refractivity contribution >= 4 is 23.2 Å². The summed E-state index contributed by atoms with van der Waals surface area (Å²) in [6.45, 7) is 4.67. The maximum absolute atomic E-state index is 12.8. The first-order valence-electron chi connectivity index (χ1n) is 7.98. The van der Waals surface area contributed by atoms with Crippen LogP contribution in [0.2, 0.25) is 0 Å². The molecule has 2 unspecified atom stereocenters. The second-order valence-electron chi connectivity index (χ2n) is 6.43. The van der Waals surface area contributed by atoms with Gasteiger partial charge in [0, 0.05) is 24.0 Å². The Morgan fingerprint density at radius 2 is 2.08 bits per heavy atom. The number of aliphatic carboxylic acids is 1.